The second-order valence-electron chi connectivity index (χ2n) is 8.38. The summed E-state index contributed by atoms with van der Waals surface area (Å²) in [5.74, 6) is 0. The molecule has 0 aromatic heterocycles. The minimum absolute atomic E-state index is 0.972. The van der Waals surface area contributed by atoms with Crippen molar-refractivity contribution in [1.82, 2.24) is 0 Å². The molecule has 1 aliphatic heterocycles. The van der Waals surface area contributed by atoms with E-state index in [0.29, 0.717) is 0 Å². The minimum atomic E-state index is 0.972. The molecule has 0 amide bonds. The molecule has 0 atom stereocenters. The van der Waals surface area contributed by atoms with Gasteiger partial charge in [-0.3, -0.25) is 0 Å². The number of likely N-dealkylation sites (N-methyl/N-ethyl adjacent to an activating group) is 1. The molecule has 1 fully saturated rings. The Kier molecular flexibility index (Phi) is 15.3. The summed E-state index contributed by atoms with van der Waals surface area (Å²) in [7, 11) is 0. The molecule has 2 heteroatoms. The first-order chi connectivity index (χ1) is 12.8. The van der Waals surface area contributed by atoms with E-state index in [1.807, 2.05) is 0 Å². The Bertz CT molecular complexity index is 320. The van der Waals surface area contributed by atoms with Gasteiger partial charge in [0.05, 0.1) is 26.3 Å². The third-order valence-corrected chi connectivity index (χ3v) is 6.24. The summed E-state index contributed by atoms with van der Waals surface area (Å²) in [6.07, 6.45) is 24.4. The van der Waals surface area contributed by atoms with Crippen LogP contribution in [0.25, 0.3) is 0 Å². The molecule has 0 radical (unpaired) electrons. The van der Waals surface area contributed by atoms with Gasteiger partial charge in [-0.25, -0.2) is 0 Å². The number of nitrogens with zero attached hydrogens (tertiary/aromatic N) is 1. The van der Waals surface area contributed by atoms with Crippen LogP contribution in [0.1, 0.15) is 104 Å². The molecular formula is C24H48NO+. The molecule has 26 heavy (non-hydrogen) atoms. The zero-order valence-electron chi connectivity index (χ0n) is 18.2. The molecule has 0 aromatic carbocycles. The van der Waals surface area contributed by atoms with Crippen molar-refractivity contribution in [3.63, 3.8) is 0 Å². The maximum Gasteiger partial charge on any atom is 0.102 e. The van der Waals surface area contributed by atoms with Crippen LogP contribution >= 0.6 is 0 Å². The van der Waals surface area contributed by atoms with Gasteiger partial charge in [-0.2, -0.15) is 0 Å². The second kappa shape index (κ2) is 16.8. The van der Waals surface area contributed by atoms with Crippen LogP contribution in [0, 0.1) is 0 Å². The van der Waals surface area contributed by atoms with Gasteiger partial charge in [-0.05, 0) is 45.4 Å². The van der Waals surface area contributed by atoms with Crippen LogP contribution in [0.5, 0.6) is 0 Å². The standard InChI is InChI=1S/C24H48NO/c1-3-5-6-7-8-9-10-11-12-13-14-15-16-17-18-19-20-25(4-2)21-23-26-24-22-25/h11-12H,3-10,13-24H2,1-2H3/q+1/b12-11-. The van der Waals surface area contributed by atoms with Crippen molar-refractivity contribution in [2.24, 2.45) is 0 Å². The topological polar surface area (TPSA) is 9.23 Å². The summed E-state index contributed by atoms with van der Waals surface area (Å²) in [5, 5.41) is 0. The smallest absolute Gasteiger partial charge is 0.102 e. The Hall–Kier alpha value is -0.340. The van der Waals surface area contributed by atoms with Crippen molar-refractivity contribution < 1.29 is 9.22 Å². The van der Waals surface area contributed by atoms with Crippen molar-refractivity contribution in [2.75, 3.05) is 39.4 Å². The Morgan fingerprint density at radius 3 is 1.69 bits per heavy atom. The van der Waals surface area contributed by atoms with Crippen LogP contribution in [0.3, 0.4) is 0 Å². The second-order valence-corrected chi connectivity index (χ2v) is 8.38. The summed E-state index contributed by atoms with van der Waals surface area (Å²) in [6, 6.07) is 0. The van der Waals surface area contributed by atoms with Crippen molar-refractivity contribution in [1.29, 1.82) is 0 Å². The summed E-state index contributed by atoms with van der Waals surface area (Å²) in [5.41, 5.74) is 0. The summed E-state index contributed by atoms with van der Waals surface area (Å²) >= 11 is 0. The van der Waals surface area contributed by atoms with Crippen LogP contribution in [-0.2, 0) is 4.74 Å². The third-order valence-electron chi connectivity index (χ3n) is 6.24. The number of quaternary nitrogens is 1. The minimum Gasteiger partial charge on any atom is -0.370 e. The monoisotopic (exact) mass is 366 g/mol. The highest BCUT2D eigenvalue weighted by Gasteiger charge is 2.27. The van der Waals surface area contributed by atoms with Gasteiger partial charge in [0.2, 0.25) is 0 Å². The lowest BCUT2D eigenvalue weighted by atomic mass is 10.1. The average Bonchev–Trinajstić information content (AvgIpc) is 2.68. The molecule has 1 saturated heterocycles. The van der Waals surface area contributed by atoms with Crippen molar-refractivity contribution in [3.8, 4) is 0 Å². The van der Waals surface area contributed by atoms with E-state index in [9.17, 15) is 0 Å². The molecule has 1 aliphatic rings. The summed E-state index contributed by atoms with van der Waals surface area (Å²) in [6.45, 7) is 11.7. The van der Waals surface area contributed by atoms with Crippen LogP contribution < -0.4 is 0 Å². The molecular weight excluding hydrogens is 318 g/mol. The van der Waals surface area contributed by atoms with Crippen LogP contribution in [0.2, 0.25) is 0 Å². The number of ether oxygens (including phenoxy) is 1. The fraction of sp³-hybridized carbons (Fsp3) is 0.917. The van der Waals surface area contributed by atoms with E-state index < -0.39 is 0 Å². The molecule has 0 bridgehead atoms. The molecule has 0 unspecified atom stereocenters. The van der Waals surface area contributed by atoms with Crippen molar-refractivity contribution in [2.45, 2.75) is 104 Å². The van der Waals surface area contributed by atoms with Gasteiger partial charge in [-0.15, -0.1) is 0 Å². The lowest BCUT2D eigenvalue weighted by Crippen LogP contribution is -2.55. The van der Waals surface area contributed by atoms with E-state index in [-0.39, 0.29) is 0 Å². The van der Waals surface area contributed by atoms with E-state index in [0.717, 1.165) is 13.2 Å². The SMILES string of the molecule is CCCCCCCC/C=C\CCCCCCCC[N+]1(CC)CCOCC1. The molecule has 0 aliphatic carbocycles. The number of morpholine rings is 1. The quantitative estimate of drug-likeness (QED) is 0.155. The van der Waals surface area contributed by atoms with Crippen molar-refractivity contribution in [3.05, 3.63) is 12.2 Å². The number of hydrogen-bond acceptors (Lipinski definition) is 1. The molecule has 1 rings (SSSR count). The van der Waals surface area contributed by atoms with E-state index in [1.165, 1.54) is 121 Å². The maximum atomic E-state index is 5.54. The zero-order chi connectivity index (χ0) is 18.8. The Morgan fingerprint density at radius 1 is 0.654 bits per heavy atom. The fourth-order valence-electron chi connectivity index (χ4n) is 4.12. The first kappa shape index (κ1) is 23.7. The van der Waals surface area contributed by atoms with E-state index >= 15 is 0 Å². The maximum absolute atomic E-state index is 5.54. The van der Waals surface area contributed by atoms with Gasteiger partial charge in [0.15, 0.2) is 0 Å². The summed E-state index contributed by atoms with van der Waals surface area (Å²) < 4.78 is 6.85. The van der Waals surface area contributed by atoms with Crippen molar-refractivity contribution >= 4 is 0 Å². The van der Waals surface area contributed by atoms with Crippen LogP contribution in [0.4, 0.5) is 0 Å². The predicted molar refractivity (Wildman–Crippen MR) is 116 cm³/mol. The van der Waals surface area contributed by atoms with Gasteiger partial charge in [-0.1, -0.05) is 70.4 Å². The first-order valence-electron chi connectivity index (χ1n) is 11.9. The molecule has 0 spiro atoms. The largest absolute Gasteiger partial charge is 0.370 e. The van der Waals surface area contributed by atoms with E-state index in [4.69, 9.17) is 4.74 Å². The third kappa shape index (κ3) is 12.1. The number of hydrogen-bond donors (Lipinski definition) is 0. The Labute approximate surface area is 165 Å². The van der Waals surface area contributed by atoms with Crippen LogP contribution in [0.15, 0.2) is 12.2 Å². The highest BCUT2D eigenvalue weighted by Crippen LogP contribution is 2.15. The Balaban J connectivity index is 1.82. The molecule has 1 heterocycles. The molecule has 154 valence electrons. The lowest BCUT2D eigenvalue weighted by Gasteiger charge is -2.40. The molecule has 0 aromatic rings. The van der Waals surface area contributed by atoms with Gasteiger partial charge >= 0.3 is 0 Å². The molecule has 0 saturated carbocycles. The highest BCUT2D eigenvalue weighted by atomic mass is 16.5. The van der Waals surface area contributed by atoms with Gasteiger partial charge in [0.25, 0.3) is 0 Å². The average molecular weight is 367 g/mol. The normalized spacial score (nSPS) is 17.2. The fourth-order valence-corrected chi connectivity index (χ4v) is 4.12. The van der Waals surface area contributed by atoms with E-state index in [2.05, 4.69) is 26.0 Å². The highest BCUT2D eigenvalue weighted by molar-refractivity contribution is 4.81. The number of allylic oxidation sites excluding steroid dienone is 2. The van der Waals surface area contributed by atoms with Gasteiger partial charge in [0.1, 0.15) is 13.1 Å². The molecule has 0 N–H and O–H groups in total. The lowest BCUT2D eigenvalue weighted by molar-refractivity contribution is -0.933. The van der Waals surface area contributed by atoms with Gasteiger partial charge < -0.3 is 9.22 Å². The summed E-state index contributed by atoms with van der Waals surface area (Å²) in [4.78, 5) is 0. The van der Waals surface area contributed by atoms with Crippen LogP contribution in [-0.4, -0.2) is 43.9 Å². The number of rotatable bonds is 17. The zero-order valence-corrected chi connectivity index (χ0v) is 18.2. The number of unbranched alkanes of at least 4 members (excludes halogenated alkanes) is 12. The van der Waals surface area contributed by atoms with E-state index in [1.54, 1.807) is 0 Å². The molecule has 2 nitrogen and oxygen atoms in total. The van der Waals surface area contributed by atoms with Gasteiger partial charge in [0, 0.05) is 0 Å². The predicted octanol–water partition coefficient (Wildman–Crippen LogP) is 6.89. The first-order valence-corrected chi connectivity index (χ1v) is 11.9. The Morgan fingerprint density at radius 2 is 1.15 bits per heavy atom.